The van der Waals surface area contributed by atoms with Gasteiger partial charge in [-0.3, -0.25) is 14.7 Å². The molecule has 1 saturated heterocycles. The van der Waals surface area contributed by atoms with Crippen molar-refractivity contribution in [3.05, 3.63) is 41.0 Å². The van der Waals surface area contributed by atoms with E-state index in [1.165, 1.54) is 0 Å². The topological polar surface area (TPSA) is 74.2 Å². The number of aromatic nitrogens is 3. The number of carbonyl (C=O) groups is 1. The molecule has 138 valence electrons. The first-order valence-electron chi connectivity index (χ1n) is 8.04. The fraction of sp³-hybridized carbons (Fsp3) is 0.375. The van der Waals surface area contributed by atoms with Crippen LogP contribution in [-0.2, 0) is 4.79 Å². The first-order chi connectivity index (χ1) is 12.5. The zero-order valence-corrected chi connectivity index (χ0v) is 17.4. The molecule has 0 aliphatic carbocycles. The normalized spacial score (nSPS) is 16.3. The first kappa shape index (κ1) is 19.5. The van der Waals surface area contributed by atoms with Gasteiger partial charge in [0.05, 0.1) is 22.4 Å². The van der Waals surface area contributed by atoms with Gasteiger partial charge in [0.25, 0.3) is 0 Å². The monoisotopic (exact) mass is 506 g/mol. The van der Waals surface area contributed by atoms with Crippen molar-refractivity contribution in [2.45, 2.75) is 10.5 Å². The molecule has 10 heteroatoms. The Balaban J connectivity index is 1.49. The van der Waals surface area contributed by atoms with Crippen LogP contribution in [0.25, 0.3) is 0 Å². The van der Waals surface area contributed by atoms with Gasteiger partial charge in [0.15, 0.2) is 5.15 Å². The molecule has 0 aromatic carbocycles. The molecule has 3 rings (SSSR count). The van der Waals surface area contributed by atoms with E-state index < -0.39 is 0 Å². The van der Waals surface area contributed by atoms with Crippen molar-refractivity contribution in [2.75, 3.05) is 36.4 Å². The van der Waals surface area contributed by atoms with E-state index in [0.717, 1.165) is 32.0 Å². The number of carbonyl (C=O) groups excluding carboxylic acids is 1. The van der Waals surface area contributed by atoms with Gasteiger partial charge in [-0.1, -0.05) is 45.8 Å². The third kappa shape index (κ3) is 5.15. The van der Waals surface area contributed by atoms with Crippen LogP contribution in [0.15, 0.2) is 30.7 Å². The zero-order valence-electron chi connectivity index (χ0n) is 13.8. The minimum absolute atomic E-state index is 0.0932. The van der Waals surface area contributed by atoms with Gasteiger partial charge < -0.3 is 10.2 Å². The second kappa shape index (κ2) is 9.12. The van der Waals surface area contributed by atoms with Crippen LogP contribution in [0.5, 0.6) is 0 Å². The first-order valence-corrected chi connectivity index (χ1v) is 10.0. The predicted octanol–water partition coefficient (Wildman–Crippen LogP) is 3.09. The molecular formula is C16H17Cl2IN6O. The number of nitrogens with zero attached hydrogens (tertiary/aromatic N) is 5. The number of hydrogen-bond acceptors (Lipinski definition) is 6. The number of rotatable bonds is 5. The minimum atomic E-state index is -0.105. The van der Waals surface area contributed by atoms with Gasteiger partial charge in [0.2, 0.25) is 5.91 Å². The summed E-state index contributed by atoms with van der Waals surface area (Å²) in [5.74, 6) is 0.784. The number of nitrogens with one attached hydrogen (secondary N) is 1. The van der Waals surface area contributed by atoms with E-state index in [0.29, 0.717) is 17.3 Å². The SMILES string of the molecule is O=C(CC(I)N1CCN(c2cnccn2)CC1)Nc1ccc(Cl)nc1Cl. The average molecular weight is 507 g/mol. The molecule has 1 amide bonds. The third-order valence-corrected chi connectivity index (χ3v) is 5.75. The largest absolute Gasteiger partial charge is 0.353 e. The Morgan fingerprint density at radius 2 is 2.00 bits per heavy atom. The summed E-state index contributed by atoms with van der Waals surface area (Å²) in [7, 11) is 0. The van der Waals surface area contributed by atoms with Crippen molar-refractivity contribution in [2.24, 2.45) is 0 Å². The number of piperazine rings is 1. The van der Waals surface area contributed by atoms with Crippen LogP contribution in [0.3, 0.4) is 0 Å². The maximum Gasteiger partial charge on any atom is 0.226 e. The molecule has 2 aromatic rings. The van der Waals surface area contributed by atoms with Crippen molar-refractivity contribution in [1.29, 1.82) is 0 Å². The van der Waals surface area contributed by atoms with E-state index >= 15 is 0 Å². The number of anilines is 2. The molecule has 0 radical (unpaired) electrons. The molecule has 1 N–H and O–H groups in total. The second-order valence-electron chi connectivity index (χ2n) is 5.75. The van der Waals surface area contributed by atoms with Crippen molar-refractivity contribution < 1.29 is 4.79 Å². The Kier molecular flexibility index (Phi) is 6.85. The van der Waals surface area contributed by atoms with Crippen LogP contribution in [0, 0.1) is 0 Å². The Bertz CT molecular complexity index is 758. The highest BCUT2D eigenvalue weighted by atomic mass is 127. The number of halogens is 3. The lowest BCUT2D eigenvalue weighted by molar-refractivity contribution is -0.116. The maximum atomic E-state index is 12.3. The number of alkyl halides is 1. The fourth-order valence-corrected chi connectivity index (χ4v) is 4.02. The number of pyridine rings is 1. The standard InChI is InChI=1S/C16H17Cl2IN6O/c17-12-2-1-11(16(18)23-12)22-15(26)9-13(19)24-5-7-25(8-6-24)14-10-20-3-4-21-14/h1-4,10,13H,5-9H2,(H,22,26). The van der Waals surface area contributed by atoms with Crippen LogP contribution in [0.2, 0.25) is 10.3 Å². The molecule has 0 saturated carbocycles. The van der Waals surface area contributed by atoms with E-state index in [1.54, 1.807) is 30.7 Å². The molecule has 3 heterocycles. The summed E-state index contributed by atoms with van der Waals surface area (Å²) < 4.78 is 0.0932. The quantitative estimate of drug-likeness (QED) is 0.291. The van der Waals surface area contributed by atoms with Gasteiger partial charge in [0, 0.05) is 38.6 Å². The smallest absolute Gasteiger partial charge is 0.226 e. The van der Waals surface area contributed by atoms with E-state index in [2.05, 4.69) is 52.7 Å². The molecule has 1 aliphatic rings. The lowest BCUT2D eigenvalue weighted by Crippen LogP contribution is -2.49. The van der Waals surface area contributed by atoms with E-state index in [-0.39, 0.29) is 15.1 Å². The van der Waals surface area contributed by atoms with E-state index in [1.807, 2.05) is 0 Å². The van der Waals surface area contributed by atoms with Gasteiger partial charge in [-0.25, -0.2) is 9.97 Å². The van der Waals surface area contributed by atoms with Gasteiger partial charge in [-0.05, 0) is 12.1 Å². The lowest BCUT2D eigenvalue weighted by atomic mass is 10.2. The molecule has 2 aromatic heterocycles. The van der Waals surface area contributed by atoms with Crippen LogP contribution >= 0.6 is 45.8 Å². The Morgan fingerprint density at radius 3 is 2.65 bits per heavy atom. The fourth-order valence-electron chi connectivity index (χ4n) is 2.67. The van der Waals surface area contributed by atoms with Gasteiger partial charge in [-0.2, -0.15) is 0 Å². The molecule has 0 spiro atoms. The van der Waals surface area contributed by atoms with Crippen molar-refractivity contribution >= 4 is 63.2 Å². The highest BCUT2D eigenvalue weighted by Crippen LogP contribution is 2.23. The molecule has 1 atom stereocenters. The highest BCUT2D eigenvalue weighted by molar-refractivity contribution is 14.1. The molecule has 1 fully saturated rings. The maximum absolute atomic E-state index is 12.3. The summed E-state index contributed by atoms with van der Waals surface area (Å²) >= 11 is 14.1. The van der Waals surface area contributed by atoms with Crippen molar-refractivity contribution in [3.63, 3.8) is 0 Å². The molecule has 1 unspecified atom stereocenters. The summed E-state index contributed by atoms with van der Waals surface area (Å²) in [6.45, 7) is 3.43. The average Bonchev–Trinajstić information content (AvgIpc) is 2.65. The second-order valence-corrected chi connectivity index (χ2v) is 7.93. The Morgan fingerprint density at radius 1 is 1.23 bits per heavy atom. The third-order valence-electron chi connectivity index (χ3n) is 4.03. The summed E-state index contributed by atoms with van der Waals surface area (Å²) in [5.41, 5.74) is 0.470. The van der Waals surface area contributed by atoms with Gasteiger partial charge in [-0.15, -0.1) is 0 Å². The van der Waals surface area contributed by atoms with Crippen LogP contribution in [0.4, 0.5) is 11.5 Å². The van der Waals surface area contributed by atoms with Crippen molar-refractivity contribution in [3.8, 4) is 0 Å². The van der Waals surface area contributed by atoms with E-state index in [9.17, 15) is 4.79 Å². The van der Waals surface area contributed by atoms with Gasteiger partial charge >= 0.3 is 0 Å². The summed E-state index contributed by atoms with van der Waals surface area (Å²) in [6.07, 6.45) is 5.50. The van der Waals surface area contributed by atoms with E-state index in [4.69, 9.17) is 23.2 Å². The molecule has 0 bridgehead atoms. The summed E-state index contributed by atoms with van der Waals surface area (Å²) in [6, 6.07) is 3.24. The van der Waals surface area contributed by atoms with Crippen molar-refractivity contribution in [1.82, 2.24) is 19.9 Å². The highest BCUT2D eigenvalue weighted by Gasteiger charge is 2.24. The minimum Gasteiger partial charge on any atom is -0.353 e. The summed E-state index contributed by atoms with van der Waals surface area (Å²) in [4.78, 5) is 29.1. The Hall–Kier alpha value is -1.23. The molecule has 26 heavy (non-hydrogen) atoms. The summed E-state index contributed by atoms with van der Waals surface area (Å²) in [5, 5.41) is 3.27. The zero-order chi connectivity index (χ0) is 18.5. The molecular weight excluding hydrogens is 490 g/mol. The number of hydrogen-bond donors (Lipinski definition) is 1. The van der Waals surface area contributed by atoms with Crippen LogP contribution < -0.4 is 10.2 Å². The lowest BCUT2D eigenvalue weighted by Gasteiger charge is -2.37. The molecule has 1 aliphatic heterocycles. The van der Waals surface area contributed by atoms with Gasteiger partial charge in [0.1, 0.15) is 11.0 Å². The predicted molar refractivity (Wildman–Crippen MR) is 111 cm³/mol. The van der Waals surface area contributed by atoms with Crippen LogP contribution in [0.1, 0.15) is 6.42 Å². The Labute approximate surface area is 175 Å². The molecule has 7 nitrogen and oxygen atoms in total. The van der Waals surface area contributed by atoms with Crippen LogP contribution in [-0.4, -0.2) is 56.0 Å². The number of amides is 1.